The third kappa shape index (κ3) is 4.62. The first-order chi connectivity index (χ1) is 8.13. The minimum atomic E-state index is -1.09. The van der Waals surface area contributed by atoms with Crippen molar-refractivity contribution in [1.82, 2.24) is 9.77 Å². The van der Waals surface area contributed by atoms with E-state index in [1.807, 2.05) is 6.92 Å². The van der Waals surface area contributed by atoms with Crippen molar-refractivity contribution < 1.29 is 14.0 Å². The summed E-state index contributed by atoms with van der Waals surface area (Å²) in [4.78, 5) is 25.1. The highest BCUT2D eigenvalue weighted by molar-refractivity contribution is 5.83. The van der Waals surface area contributed by atoms with Gasteiger partial charge >= 0.3 is 11.8 Å². The Balaban J connectivity index is 2.40. The number of amides is 1. The lowest BCUT2D eigenvalue weighted by Crippen LogP contribution is -2.21. The summed E-state index contributed by atoms with van der Waals surface area (Å²) < 4.78 is 17.3. The lowest BCUT2D eigenvalue weighted by atomic mass is 10.3. The van der Waals surface area contributed by atoms with Gasteiger partial charge < -0.3 is 4.74 Å². The molecule has 7 heteroatoms. The lowest BCUT2D eigenvalue weighted by molar-refractivity contribution is 0.159. The zero-order chi connectivity index (χ0) is 12.7. The maximum Gasteiger partial charge on any atom is 0.412 e. The summed E-state index contributed by atoms with van der Waals surface area (Å²) in [6.07, 6.45) is 2.94. The van der Waals surface area contributed by atoms with Crippen LogP contribution in [0.1, 0.15) is 26.2 Å². The number of halogens is 1. The summed E-state index contributed by atoms with van der Waals surface area (Å²) in [7, 11) is 0. The van der Waals surface area contributed by atoms with E-state index in [-0.39, 0.29) is 10.6 Å². The average molecular weight is 243 g/mol. The van der Waals surface area contributed by atoms with Crippen LogP contribution >= 0.6 is 0 Å². The number of aromatic nitrogens is 2. The van der Waals surface area contributed by atoms with Gasteiger partial charge in [-0.15, -0.1) is 4.79 Å². The van der Waals surface area contributed by atoms with Crippen LogP contribution in [0, 0.1) is 0 Å². The Kier molecular flexibility index (Phi) is 5.12. The SMILES string of the molecule is CCCCCOC(=O)Nc1ccn(F)c(=O)n1. The molecule has 1 amide bonds. The summed E-state index contributed by atoms with van der Waals surface area (Å²) in [5.74, 6) is -0.0376. The molecule has 0 radical (unpaired) electrons. The smallest absolute Gasteiger partial charge is 0.412 e. The van der Waals surface area contributed by atoms with Crippen LogP contribution in [0.3, 0.4) is 0 Å². The van der Waals surface area contributed by atoms with Gasteiger partial charge in [0.2, 0.25) is 0 Å². The second-order valence-corrected chi connectivity index (χ2v) is 3.37. The molecule has 1 heterocycles. The van der Waals surface area contributed by atoms with E-state index in [0.717, 1.165) is 31.5 Å². The van der Waals surface area contributed by atoms with Gasteiger partial charge in [-0.25, -0.2) is 9.59 Å². The predicted octanol–water partition coefficient (Wildman–Crippen LogP) is 1.71. The normalized spacial score (nSPS) is 10.0. The average Bonchev–Trinajstić information content (AvgIpc) is 2.30. The van der Waals surface area contributed by atoms with Crippen molar-refractivity contribution in [1.29, 1.82) is 0 Å². The number of carbonyl (C=O) groups is 1. The van der Waals surface area contributed by atoms with Crippen LogP contribution in [0.5, 0.6) is 0 Å². The highest BCUT2D eigenvalue weighted by Crippen LogP contribution is 2.00. The number of rotatable bonds is 5. The zero-order valence-electron chi connectivity index (χ0n) is 9.48. The molecule has 0 saturated carbocycles. The van der Waals surface area contributed by atoms with Gasteiger partial charge in [0, 0.05) is 12.3 Å². The van der Waals surface area contributed by atoms with E-state index in [9.17, 15) is 14.1 Å². The van der Waals surface area contributed by atoms with E-state index in [4.69, 9.17) is 4.74 Å². The molecule has 0 atom stereocenters. The minimum absolute atomic E-state index is 0.0376. The standard InChI is InChI=1S/C10H14FN3O3/c1-2-3-4-7-17-10(16)13-8-5-6-14(11)9(15)12-8/h5-6H,2-4,7H2,1H3,(H,12,13,15,16). The van der Waals surface area contributed by atoms with Gasteiger partial charge in [0.15, 0.2) is 0 Å². The molecule has 0 unspecified atom stereocenters. The number of ether oxygens (including phenoxy) is 1. The molecule has 0 aromatic carbocycles. The number of nitrogens with zero attached hydrogens (tertiary/aromatic N) is 2. The quantitative estimate of drug-likeness (QED) is 0.799. The molecule has 6 nitrogen and oxygen atoms in total. The molecule has 0 aliphatic carbocycles. The minimum Gasteiger partial charge on any atom is -0.449 e. The first-order valence-corrected chi connectivity index (χ1v) is 5.33. The summed E-state index contributed by atoms with van der Waals surface area (Å²) in [5.41, 5.74) is -1.09. The van der Waals surface area contributed by atoms with E-state index in [1.54, 1.807) is 0 Å². The molecule has 1 rings (SSSR count). The molecular weight excluding hydrogens is 229 g/mol. The molecule has 0 aliphatic rings. The summed E-state index contributed by atoms with van der Waals surface area (Å²) in [6.45, 7) is 2.34. The molecule has 0 spiro atoms. The third-order valence-electron chi connectivity index (χ3n) is 1.97. The van der Waals surface area contributed by atoms with E-state index in [2.05, 4.69) is 10.3 Å². The number of anilines is 1. The van der Waals surface area contributed by atoms with Crippen LogP contribution in [-0.2, 0) is 4.74 Å². The van der Waals surface area contributed by atoms with Crippen LogP contribution in [-0.4, -0.2) is 22.5 Å². The van der Waals surface area contributed by atoms with Crippen molar-refractivity contribution in [3.63, 3.8) is 0 Å². The molecule has 0 bridgehead atoms. The number of hydrogen-bond acceptors (Lipinski definition) is 4. The highest BCUT2D eigenvalue weighted by atomic mass is 19.2. The van der Waals surface area contributed by atoms with Gasteiger partial charge in [-0.1, -0.05) is 24.2 Å². The second kappa shape index (κ2) is 6.62. The van der Waals surface area contributed by atoms with Crippen LogP contribution in [0.25, 0.3) is 0 Å². The first kappa shape index (κ1) is 13.1. The molecule has 1 aromatic heterocycles. The maximum absolute atomic E-state index is 12.5. The molecule has 1 aromatic rings. The topological polar surface area (TPSA) is 73.2 Å². The van der Waals surface area contributed by atoms with Gasteiger partial charge in [-0.2, -0.15) is 4.98 Å². The lowest BCUT2D eigenvalue weighted by Gasteiger charge is -2.05. The fraction of sp³-hybridized carbons (Fsp3) is 0.500. The fourth-order valence-electron chi connectivity index (χ4n) is 1.12. The van der Waals surface area contributed by atoms with Crippen molar-refractivity contribution in [3.05, 3.63) is 22.7 Å². The highest BCUT2D eigenvalue weighted by Gasteiger charge is 2.05. The molecule has 17 heavy (non-hydrogen) atoms. The molecule has 0 fully saturated rings. The van der Waals surface area contributed by atoms with Gasteiger partial charge in [-0.05, 0) is 6.42 Å². The van der Waals surface area contributed by atoms with E-state index in [0.29, 0.717) is 6.61 Å². The number of hydrogen-bond donors (Lipinski definition) is 1. The summed E-state index contributed by atoms with van der Waals surface area (Å²) >= 11 is 0. The van der Waals surface area contributed by atoms with Crippen LogP contribution in [0.15, 0.2) is 17.1 Å². The van der Waals surface area contributed by atoms with Crippen molar-refractivity contribution in [2.45, 2.75) is 26.2 Å². The Hall–Kier alpha value is -1.92. The van der Waals surface area contributed by atoms with E-state index in [1.165, 1.54) is 0 Å². The van der Waals surface area contributed by atoms with Gasteiger partial charge in [-0.3, -0.25) is 5.32 Å². The predicted molar refractivity (Wildman–Crippen MR) is 59.5 cm³/mol. The monoisotopic (exact) mass is 243 g/mol. The van der Waals surface area contributed by atoms with Crippen LogP contribution < -0.4 is 11.0 Å². The van der Waals surface area contributed by atoms with E-state index >= 15 is 0 Å². The largest absolute Gasteiger partial charge is 0.449 e. The third-order valence-corrected chi connectivity index (χ3v) is 1.97. The Bertz CT molecular complexity index is 433. The maximum atomic E-state index is 12.5. The van der Waals surface area contributed by atoms with Gasteiger partial charge in [0.25, 0.3) is 0 Å². The number of carbonyl (C=O) groups excluding carboxylic acids is 1. The Morgan fingerprint density at radius 3 is 3.00 bits per heavy atom. The summed E-state index contributed by atoms with van der Waals surface area (Å²) in [5, 5.41) is 2.23. The second-order valence-electron chi connectivity index (χ2n) is 3.37. The molecule has 0 saturated heterocycles. The molecule has 1 N–H and O–H groups in total. The van der Waals surface area contributed by atoms with Crippen molar-refractivity contribution in [3.8, 4) is 0 Å². The molecular formula is C10H14FN3O3. The van der Waals surface area contributed by atoms with Gasteiger partial charge in [0.05, 0.1) is 6.61 Å². The first-order valence-electron chi connectivity index (χ1n) is 5.33. The van der Waals surface area contributed by atoms with Crippen molar-refractivity contribution in [2.24, 2.45) is 0 Å². The molecule has 0 aliphatic heterocycles. The Labute approximate surface area is 97.4 Å². The van der Waals surface area contributed by atoms with Crippen molar-refractivity contribution >= 4 is 11.9 Å². The van der Waals surface area contributed by atoms with Crippen molar-refractivity contribution in [2.75, 3.05) is 11.9 Å². The number of nitrogens with one attached hydrogen (secondary N) is 1. The van der Waals surface area contributed by atoms with Crippen LogP contribution in [0.4, 0.5) is 15.1 Å². The van der Waals surface area contributed by atoms with E-state index < -0.39 is 11.8 Å². The summed E-state index contributed by atoms with van der Waals surface area (Å²) in [6, 6.07) is 1.16. The Morgan fingerprint density at radius 2 is 2.35 bits per heavy atom. The fourth-order valence-corrected chi connectivity index (χ4v) is 1.12. The van der Waals surface area contributed by atoms with Crippen LogP contribution in [0.2, 0.25) is 0 Å². The van der Waals surface area contributed by atoms with Gasteiger partial charge in [0.1, 0.15) is 5.82 Å². The zero-order valence-corrected chi connectivity index (χ0v) is 9.48. The number of unbranched alkanes of at least 4 members (excludes halogenated alkanes) is 2. The molecule has 94 valence electrons. The Morgan fingerprint density at radius 1 is 1.59 bits per heavy atom.